The zero-order valence-corrected chi connectivity index (χ0v) is 14.8. The molecule has 1 aliphatic heterocycles. The quantitative estimate of drug-likeness (QED) is 0.736. The summed E-state index contributed by atoms with van der Waals surface area (Å²) in [6, 6.07) is 19.5. The fourth-order valence-electron chi connectivity index (χ4n) is 3.70. The first-order valence-corrected chi connectivity index (χ1v) is 8.87. The van der Waals surface area contributed by atoms with Crippen molar-refractivity contribution in [3.8, 4) is 0 Å². The summed E-state index contributed by atoms with van der Waals surface area (Å²) in [7, 11) is 0. The van der Waals surface area contributed by atoms with Crippen LogP contribution in [0.2, 0.25) is 0 Å². The SMILES string of the molecule is CCc1ccc([C@@]2(C)c3nnnn3CCN2Cc2ccccc2)cc1. The van der Waals surface area contributed by atoms with Gasteiger partial charge in [-0.05, 0) is 40.5 Å². The Labute approximate surface area is 148 Å². The molecule has 0 saturated carbocycles. The number of hydrogen-bond acceptors (Lipinski definition) is 4. The molecule has 4 rings (SSSR count). The second kappa shape index (κ2) is 6.41. The minimum Gasteiger partial charge on any atom is -0.281 e. The molecule has 0 unspecified atom stereocenters. The zero-order chi connectivity index (χ0) is 17.3. The number of aryl methyl sites for hydroxylation is 1. The van der Waals surface area contributed by atoms with E-state index in [-0.39, 0.29) is 5.54 Å². The normalized spacial score (nSPS) is 20.4. The molecular weight excluding hydrogens is 310 g/mol. The lowest BCUT2D eigenvalue weighted by Crippen LogP contribution is -2.51. The number of hydrogen-bond donors (Lipinski definition) is 0. The maximum atomic E-state index is 4.38. The van der Waals surface area contributed by atoms with Crippen molar-refractivity contribution >= 4 is 0 Å². The summed E-state index contributed by atoms with van der Waals surface area (Å²) in [5, 5.41) is 12.5. The number of aromatic nitrogens is 4. The van der Waals surface area contributed by atoms with Crippen molar-refractivity contribution in [1.29, 1.82) is 0 Å². The van der Waals surface area contributed by atoms with Gasteiger partial charge in [0, 0.05) is 13.1 Å². The summed E-state index contributed by atoms with van der Waals surface area (Å²) >= 11 is 0. The van der Waals surface area contributed by atoms with E-state index in [1.807, 2.05) is 4.68 Å². The van der Waals surface area contributed by atoms with Crippen LogP contribution in [0.3, 0.4) is 0 Å². The summed E-state index contributed by atoms with van der Waals surface area (Å²) in [4.78, 5) is 2.48. The topological polar surface area (TPSA) is 46.8 Å². The van der Waals surface area contributed by atoms with Gasteiger partial charge in [-0.15, -0.1) is 5.10 Å². The Morgan fingerprint density at radius 3 is 2.44 bits per heavy atom. The molecule has 5 nitrogen and oxygen atoms in total. The number of rotatable bonds is 4. The molecule has 0 spiro atoms. The van der Waals surface area contributed by atoms with Crippen LogP contribution in [0.4, 0.5) is 0 Å². The first-order valence-electron chi connectivity index (χ1n) is 8.87. The third kappa shape index (κ3) is 2.74. The number of tetrazole rings is 1. The maximum absolute atomic E-state index is 4.38. The van der Waals surface area contributed by atoms with E-state index in [0.29, 0.717) is 0 Å². The Balaban J connectivity index is 1.77. The number of benzene rings is 2. The predicted octanol–water partition coefficient (Wildman–Crippen LogP) is 3.01. The van der Waals surface area contributed by atoms with Crippen LogP contribution in [-0.4, -0.2) is 31.7 Å². The molecule has 25 heavy (non-hydrogen) atoms. The molecule has 0 saturated heterocycles. The first-order chi connectivity index (χ1) is 12.2. The van der Waals surface area contributed by atoms with Crippen LogP contribution in [0.1, 0.15) is 36.4 Å². The minimum absolute atomic E-state index is 0.343. The van der Waals surface area contributed by atoms with Gasteiger partial charge in [0.05, 0.1) is 6.54 Å². The minimum atomic E-state index is -0.343. The average Bonchev–Trinajstić information content (AvgIpc) is 3.15. The Bertz CT molecular complexity index is 840. The summed E-state index contributed by atoms with van der Waals surface area (Å²) < 4.78 is 1.94. The van der Waals surface area contributed by atoms with E-state index in [1.165, 1.54) is 16.7 Å². The second-order valence-corrected chi connectivity index (χ2v) is 6.76. The van der Waals surface area contributed by atoms with Gasteiger partial charge in [-0.3, -0.25) is 4.90 Å². The summed E-state index contributed by atoms with van der Waals surface area (Å²) in [5.41, 5.74) is 3.54. The Morgan fingerprint density at radius 2 is 1.72 bits per heavy atom. The highest BCUT2D eigenvalue weighted by Crippen LogP contribution is 2.37. The molecule has 1 aliphatic rings. The van der Waals surface area contributed by atoms with Crippen LogP contribution in [0, 0.1) is 0 Å². The molecule has 3 aromatic rings. The van der Waals surface area contributed by atoms with Crippen LogP contribution in [0.15, 0.2) is 54.6 Å². The zero-order valence-electron chi connectivity index (χ0n) is 14.8. The van der Waals surface area contributed by atoms with Crippen molar-refractivity contribution in [2.75, 3.05) is 6.54 Å². The van der Waals surface area contributed by atoms with Crippen molar-refractivity contribution < 1.29 is 0 Å². The highest BCUT2D eigenvalue weighted by molar-refractivity contribution is 5.34. The molecule has 2 heterocycles. The van der Waals surface area contributed by atoms with E-state index < -0.39 is 0 Å². The van der Waals surface area contributed by atoms with Crippen molar-refractivity contribution in [2.45, 2.75) is 38.9 Å². The highest BCUT2D eigenvalue weighted by atomic mass is 15.6. The lowest BCUT2D eigenvalue weighted by Gasteiger charge is -2.43. The summed E-state index contributed by atoms with van der Waals surface area (Å²) in [6.45, 7) is 7.02. The van der Waals surface area contributed by atoms with Crippen molar-refractivity contribution in [1.82, 2.24) is 25.1 Å². The van der Waals surface area contributed by atoms with Gasteiger partial charge in [-0.25, -0.2) is 4.68 Å². The molecule has 128 valence electrons. The van der Waals surface area contributed by atoms with E-state index >= 15 is 0 Å². The number of fused-ring (bicyclic) bond motifs is 1. The summed E-state index contributed by atoms with van der Waals surface area (Å²) in [5.74, 6) is 0.916. The van der Waals surface area contributed by atoms with E-state index in [1.54, 1.807) is 0 Å². The average molecular weight is 333 g/mol. The standard InChI is InChI=1S/C20H23N5/c1-3-16-9-11-18(12-10-16)20(2)19-21-22-23-25(19)14-13-24(20)15-17-7-5-4-6-8-17/h4-12H,3,13-15H2,1-2H3/t20-/m0/s1. The van der Waals surface area contributed by atoms with Gasteiger partial charge in [-0.1, -0.05) is 61.5 Å². The Kier molecular flexibility index (Phi) is 4.09. The van der Waals surface area contributed by atoms with Crippen molar-refractivity contribution in [3.63, 3.8) is 0 Å². The molecule has 0 N–H and O–H groups in total. The van der Waals surface area contributed by atoms with Gasteiger partial charge in [0.1, 0.15) is 5.54 Å². The molecule has 0 bridgehead atoms. The second-order valence-electron chi connectivity index (χ2n) is 6.76. The van der Waals surface area contributed by atoms with Gasteiger partial charge in [0.15, 0.2) is 5.82 Å². The van der Waals surface area contributed by atoms with E-state index in [9.17, 15) is 0 Å². The molecule has 5 heteroatoms. The molecule has 0 aliphatic carbocycles. The van der Waals surface area contributed by atoms with Crippen molar-refractivity contribution in [2.24, 2.45) is 0 Å². The van der Waals surface area contributed by atoms with Crippen LogP contribution in [0.5, 0.6) is 0 Å². The fourth-order valence-corrected chi connectivity index (χ4v) is 3.70. The number of nitrogens with zero attached hydrogens (tertiary/aromatic N) is 5. The Morgan fingerprint density at radius 1 is 0.960 bits per heavy atom. The van der Waals surface area contributed by atoms with Gasteiger partial charge in [0.2, 0.25) is 0 Å². The summed E-state index contributed by atoms with van der Waals surface area (Å²) in [6.07, 6.45) is 1.04. The first kappa shape index (κ1) is 16.0. The van der Waals surface area contributed by atoms with Crippen LogP contribution in [0.25, 0.3) is 0 Å². The fraction of sp³-hybridized carbons (Fsp3) is 0.350. The van der Waals surface area contributed by atoms with Gasteiger partial charge in [0.25, 0.3) is 0 Å². The highest BCUT2D eigenvalue weighted by Gasteiger charge is 2.43. The molecule has 1 aromatic heterocycles. The van der Waals surface area contributed by atoms with E-state index in [4.69, 9.17) is 0 Å². The maximum Gasteiger partial charge on any atom is 0.176 e. The van der Waals surface area contributed by atoms with Gasteiger partial charge >= 0.3 is 0 Å². The van der Waals surface area contributed by atoms with Crippen LogP contribution in [-0.2, 0) is 25.0 Å². The molecule has 0 fully saturated rings. The molecule has 0 amide bonds. The third-order valence-corrected chi connectivity index (χ3v) is 5.32. The predicted molar refractivity (Wildman–Crippen MR) is 96.9 cm³/mol. The van der Waals surface area contributed by atoms with E-state index in [2.05, 4.69) is 88.9 Å². The Hall–Kier alpha value is -2.53. The third-order valence-electron chi connectivity index (χ3n) is 5.32. The lowest BCUT2D eigenvalue weighted by atomic mass is 9.86. The molecule has 1 atom stereocenters. The molecule has 0 radical (unpaired) electrons. The van der Waals surface area contributed by atoms with E-state index in [0.717, 1.165) is 31.9 Å². The van der Waals surface area contributed by atoms with Crippen molar-refractivity contribution in [3.05, 3.63) is 77.1 Å². The van der Waals surface area contributed by atoms with Crippen LogP contribution >= 0.6 is 0 Å². The van der Waals surface area contributed by atoms with Crippen LogP contribution < -0.4 is 0 Å². The lowest BCUT2D eigenvalue weighted by molar-refractivity contribution is 0.0833. The smallest absolute Gasteiger partial charge is 0.176 e. The largest absolute Gasteiger partial charge is 0.281 e. The van der Waals surface area contributed by atoms with Gasteiger partial charge < -0.3 is 0 Å². The van der Waals surface area contributed by atoms with Gasteiger partial charge in [-0.2, -0.15) is 0 Å². The molecule has 2 aromatic carbocycles. The monoisotopic (exact) mass is 333 g/mol. The molecular formula is C20H23N5.